The maximum absolute atomic E-state index is 14.0. The molecule has 1 unspecified atom stereocenters. The molecule has 0 bridgehead atoms. The molecule has 1 aromatic heterocycles. The average molecular weight is 297 g/mol. The second kappa shape index (κ2) is 5.87. The quantitative estimate of drug-likeness (QED) is 0.918. The van der Waals surface area contributed by atoms with E-state index in [0.29, 0.717) is 6.61 Å². The zero-order chi connectivity index (χ0) is 15.6. The smallest absolute Gasteiger partial charge is 0.263 e. The van der Waals surface area contributed by atoms with Crippen LogP contribution in [0.5, 0.6) is 0 Å². The third-order valence-electron chi connectivity index (χ3n) is 3.04. The lowest BCUT2D eigenvalue weighted by Gasteiger charge is -2.19. The lowest BCUT2D eigenvalue weighted by molar-refractivity contribution is 0.0962. The van der Waals surface area contributed by atoms with Crippen LogP contribution >= 0.6 is 0 Å². The van der Waals surface area contributed by atoms with E-state index >= 15 is 0 Å². The van der Waals surface area contributed by atoms with Gasteiger partial charge in [0.15, 0.2) is 5.82 Å². The fourth-order valence-corrected chi connectivity index (χ4v) is 1.79. The third kappa shape index (κ3) is 3.08. The van der Waals surface area contributed by atoms with E-state index in [1.807, 2.05) is 6.92 Å². The Labute approximate surface area is 121 Å². The number of ether oxygens (including phenoxy) is 1. The summed E-state index contributed by atoms with van der Waals surface area (Å²) in [6, 6.07) is 2.49. The normalized spacial score (nSPS) is 14.2. The lowest BCUT2D eigenvalue weighted by Crippen LogP contribution is -2.39. The summed E-state index contributed by atoms with van der Waals surface area (Å²) in [5.41, 5.74) is 4.96. The topological polar surface area (TPSA) is 74.2 Å². The van der Waals surface area contributed by atoms with Crippen LogP contribution in [0.25, 0.3) is 11.5 Å². The zero-order valence-corrected chi connectivity index (χ0v) is 12.1. The first-order chi connectivity index (χ1) is 9.86. The van der Waals surface area contributed by atoms with Crippen molar-refractivity contribution < 1.29 is 18.0 Å². The number of nitrogens with two attached hydrogens (primary N) is 1. The Morgan fingerprint density at radius 2 is 2.10 bits per heavy atom. The van der Waals surface area contributed by atoms with E-state index < -0.39 is 17.2 Å². The van der Waals surface area contributed by atoms with Crippen LogP contribution in [0.4, 0.5) is 8.78 Å². The molecule has 114 valence electrons. The fourth-order valence-electron chi connectivity index (χ4n) is 1.79. The van der Waals surface area contributed by atoms with E-state index in [-0.39, 0.29) is 29.4 Å². The monoisotopic (exact) mass is 297 g/mol. The van der Waals surface area contributed by atoms with E-state index in [2.05, 4.69) is 10.1 Å². The van der Waals surface area contributed by atoms with Crippen LogP contribution in [0.15, 0.2) is 16.7 Å². The summed E-state index contributed by atoms with van der Waals surface area (Å²) in [6.07, 6.45) is 0. The van der Waals surface area contributed by atoms with Crippen LogP contribution in [0.2, 0.25) is 0 Å². The fraction of sp³-hybridized carbons (Fsp3) is 0.429. The highest BCUT2D eigenvalue weighted by atomic mass is 19.1. The molecule has 1 aromatic carbocycles. The molecule has 0 radical (unpaired) electrons. The van der Waals surface area contributed by atoms with Gasteiger partial charge in [-0.1, -0.05) is 11.2 Å². The molecule has 0 saturated carbocycles. The Kier molecular flexibility index (Phi) is 4.34. The van der Waals surface area contributed by atoms with Crippen LogP contribution < -0.4 is 5.73 Å². The Balaban J connectivity index is 2.39. The molecule has 1 heterocycles. The Hall–Kier alpha value is -1.86. The number of aryl methyl sites for hydroxylation is 1. The summed E-state index contributed by atoms with van der Waals surface area (Å²) < 4.78 is 38.0. The molecule has 7 heteroatoms. The molecule has 0 fully saturated rings. The van der Waals surface area contributed by atoms with Gasteiger partial charge in [-0.25, -0.2) is 8.78 Å². The molecule has 0 spiro atoms. The van der Waals surface area contributed by atoms with Crippen molar-refractivity contribution in [2.24, 2.45) is 5.73 Å². The number of rotatable bonds is 5. The molecule has 5 nitrogen and oxygen atoms in total. The molecule has 21 heavy (non-hydrogen) atoms. The summed E-state index contributed by atoms with van der Waals surface area (Å²) in [5, 5.41) is 3.70. The SMILES string of the molecule is CCOCC(C)(N)c1noc(-c2c(F)ccc(C)c2F)n1. The maximum Gasteiger partial charge on any atom is 0.263 e. The van der Waals surface area contributed by atoms with Gasteiger partial charge in [0, 0.05) is 6.61 Å². The van der Waals surface area contributed by atoms with E-state index in [4.69, 9.17) is 15.0 Å². The Bertz CT molecular complexity index is 641. The summed E-state index contributed by atoms with van der Waals surface area (Å²) in [6.45, 7) is 5.66. The predicted octanol–water partition coefficient (Wildman–Crippen LogP) is 2.53. The van der Waals surface area contributed by atoms with Gasteiger partial charge < -0.3 is 15.0 Å². The van der Waals surface area contributed by atoms with Gasteiger partial charge in [-0.2, -0.15) is 4.98 Å². The molecular formula is C14H17F2N3O2. The number of aromatic nitrogens is 2. The molecule has 0 aliphatic heterocycles. The van der Waals surface area contributed by atoms with Crippen molar-refractivity contribution in [3.8, 4) is 11.5 Å². The first-order valence-electron chi connectivity index (χ1n) is 6.52. The molecule has 0 aliphatic rings. The number of benzene rings is 1. The molecule has 2 aromatic rings. The van der Waals surface area contributed by atoms with Gasteiger partial charge in [0.25, 0.3) is 5.89 Å². The number of hydrogen-bond donors (Lipinski definition) is 1. The summed E-state index contributed by atoms with van der Waals surface area (Å²) in [7, 11) is 0. The maximum atomic E-state index is 14.0. The van der Waals surface area contributed by atoms with Crippen LogP contribution in [-0.4, -0.2) is 23.4 Å². The highest BCUT2D eigenvalue weighted by Gasteiger charge is 2.29. The lowest BCUT2D eigenvalue weighted by atomic mass is 10.1. The molecule has 0 saturated heterocycles. The van der Waals surface area contributed by atoms with Crippen LogP contribution in [0, 0.1) is 18.6 Å². The van der Waals surface area contributed by atoms with Gasteiger partial charge >= 0.3 is 0 Å². The Morgan fingerprint density at radius 1 is 1.38 bits per heavy atom. The van der Waals surface area contributed by atoms with Crippen molar-refractivity contribution >= 4 is 0 Å². The largest absolute Gasteiger partial charge is 0.379 e. The summed E-state index contributed by atoms with van der Waals surface area (Å²) >= 11 is 0. The average Bonchev–Trinajstić information content (AvgIpc) is 2.91. The van der Waals surface area contributed by atoms with Crippen molar-refractivity contribution in [2.45, 2.75) is 26.3 Å². The highest BCUT2D eigenvalue weighted by Crippen LogP contribution is 2.28. The van der Waals surface area contributed by atoms with Gasteiger partial charge in [-0.05, 0) is 32.4 Å². The molecular weight excluding hydrogens is 280 g/mol. The molecule has 1 atom stereocenters. The molecule has 2 rings (SSSR count). The first kappa shape index (κ1) is 15.5. The van der Waals surface area contributed by atoms with Crippen LogP contribution in [-0.2, 0) is 10.3 Å². The molecule has 2 N–H and O–H groups in total. The van der Waals surface area contributed by atoms with Crippen LogP contribution in [0.1, 0.15) is 25.2 Å². The summed E-state index contributed by atoms with van der Waals surface area (Å²) in [4.78, 5) is 4.01. The van der Waals surface area contributed by atoms with Crippen molar-refractivity contribution in [3.63, 3.8) is 0 Å². The zero-order valence-electron chi connectivity index (χ0n) is 12.1. The summed E-state index contributed by atoms with van der Waals surface area (Å²) in [5.74, 6) is -1.60. The first-order valence-corrected chi connectivity index (χ1v) is 6.52. The third-order valence-corrected chi connectivity index (χ3v) is 3.04. The standard InChI is InChI=1S/C14H17F2N3O2/c1-4-20-7-14(3,17)13-18-12(21-19-13)10-9(15)6-5-8(2)11(10)16/h5-6H,4,7,17H2,1-3H3. The van der Waals surface area contributed by atoms with Crippen molar-refractivity contribution in [2.75, 3.05) is 13.2 Å². The van der Waals surface area contributed by atoms with Crippen molar-refractivity contribution in [1.29, 1.82) is 0 Å². The second-order valence-electron chi connectivity index (χ2n) is 5.03. The van der Waals surface area contributed by atoms with Crippen molar-refractivity contribution in [1.82, 2.24) is 10.1 Å². The van der Waals surface area contributed by atoms with E-state index in [1.54, 1.807) is 6.92 Å². The van der Waals surface area contributed by atoms with Gasteiger partial charge in [0.1, 0.15) is 22.7 Å². The van der Waals surface area contributed by atoms with Gasteiger partial charge in [0.2, 0.25) is 0 Å². The van der Waals surface area contributed by atoms with Crippen LogP contribution in [0.3, 0.4) is 0 Å². The van der Waals surface area contributed by atoms with Crippen molar-refractivity contribution in [3.05, 3.63) is 35.2 Å². The minimum absolute atomic E-state index is 0.131. The molecule has 0 aliphatic carbocycles. The van der Waals surface area contributed by atoms with E-state index in [1.165, 1.54) is 13.0 Å². The predicted molar refractivity (Wildman–Crippen MR) is 72.4 cm³/mol. The molecule has 0 amide bonds. The highest BCUT2D eigenvalue weighted by molar-refractivity contribution is 5.56. The van der Waals surface area contributed by atoms with Gasteiger partial charge in [-0.15, -0.1) is 0 Å². The van der Waals surface area contributed by atoms with Gasteiger partial charge in [-0.3, -0.25) is 0 Å². The van der Waals surface area contributed by atoms with Gasteiger partial charge in [0.05, 0.1) is 6.61 Å². The number of halogens is 2. The minimum Gasteiger partial charge on any atom is -0.379 e. The number of hydrogen-bond acceptors (Lipinski definition) is 5. The minimum atomic E-state index is -1.01. The Morgan fingerprint density at radius 3 is 2.76 bits per heavy atom. The second-order valence-corrected chi connectivity index (χ2v) is 5.03. The van der Waals surface area contributed by atoms with E-state index in [9.17, 15) is 8.78 Å². The number of nitrogens with zero attached hydrogens (tertiary/aromatic N) is 2. The van der Waals surface area contributed by atoms with E-state index in [0.717, 1.165) is 6.07 Å².